The van der Waals surface area contributed by atoms with Crippen molar-refractivity contribution in [2.75, 3.05) is 19.8 Å². The van der Waals surface area contributed by atoms with Gasteiger partial charge in [-0.3, -0.25) is 23.4 Å². The molecule has 0 radical (unpaired) electrons. The highest BCUT2D eigenvalue weighted by molar-refractivity contribution is 7.47. The van der Waals surface area contributed by atoms with E-state index in [4.69, 9.17) is 29.6 Å². The molecular formula is C48H78NO11P. The van der Waals surface area contributed by atoms with Crippen molar-refractivity contribution in [3.05, 3.63) is 85.1 Å². The average Bonchev–Trinajstić information content (AvgIpc) is 3.99. The molecule has 0 aliphatic carbocycles. The lowest BCUT2D eigenvalue weighted by Crippen LogP contribution is -2.34. The largest absolute Gasteiger partial charge is 0.480 e. The molecule has 12 nitrogen and oxygen atoms in total. The Morgan fingerprint density at radius 1 is 0.607 bits per heavy atom. The molecule has 0 aromatic rings. The molecule has 1 aliphatic heterocycles. The number of unbranched alkanes of at least 4 members (excludes halogenated alkanes) is 9. The predicted octanol–water partition coefficient (Wildman–Crippen LogP) is 11.3. The monoisotopic (exact) mass is 876 g/mol. The van der Waals surface area contributed by atoms with Crippen LogP contribution in [0.25, 0.3) is 0 Å². The van der Waals surface area contributed by atoms with Crippen LogP contribution in [-0.4, -0.2) is 72.1 Å². The van der Waals surface area contributed by atoms with Crippen molar-refractivity contribution in [3.8, 4) is 0 Å². The van der Waals surface area contributed by atoms with Crippen molar-refractivity contribution in [1.29, 1.82) is 0 Å². The maximum atomic E-state index is 12.7. The molecule has 1 rings (SSSR count). The SMILES string of the molecule is CCCCC/C=C\C/C=C\C/C=C\C/C=C\CCCCCC(=O)O[C@H](COC(=O)CCCC1OC1C/C=C\C/C=C\C/C=C\CCCCC)COP(=O)(O)OC[C@H](N)C(=O)O. The summed E-state index contributed by atoms with van der Waals surface area (Å²) < 4.78 is 38.5. The standard InChI is InChI=1S/C48H78NO11P/c1-3-5-7-9-11-13-15-17-18-19-20-21-22-23-25-27-29-31-33-37-47(51)59-42(40-57-61(54,55)58-41-43(49)48(52)53)39-56-46(50)38-34-36-45-44(60-45)35-32-30-28-26-24-16-14-12-10-8-6-4-2/h11-14,17-18,20-21,23-26,30,32,42-45H,3-10,15-16,19,22,27-29,31,33-41,49H2,1-2H3,(H,52,53)(H,54,55)/b13-11-,14-12-,18-17-,21-20-,25-23-,26-24-,32-30-/t42-,43+,44?,45?/m1/s1. The Bertz CT molecular complexity index is 1420. The molecule has 0 saturated carbocycles. The number of epoxide rings is 1. The van der Waals surface area contributed by atoms with Gasteiger partial charge in [0.05, 0.1) is 25.4 Å². The number of carboxylic acid groups (broad SMARTS) is 1. The van der Waals surface area contributed by atoms with E-state index in [1.54, 1.807) is 0 Å². The Morgan fingerprint density at radius 3 is 1.61 bits per heavy atom. The Labute approximate surface area is 367 Å². The summed E-state index contributed by atoms with van der Waals surface area (Å²) in [6, 6.07) is -1.54. The number of hydrogen-bond donors (Lipinski definition) is 3. The smallest absolute Gasteiger partial charge is 0.472 e. The van der Waals surface area contributed by atoms with Gasteiger partial charge in [-0.2, -0.15) is 0 Å². The number of carbonyl (C=O) groups is 3. The van der Waals surface area contributed by atoms with E-state index in [0.717, 1.165) is 70.6 Å². The van der Waals surface area contributed by atoms with Gasteiger partial charge in [-0.25, -0.2) is 4.57 Å². The van der Waals surface area contributed by atoms with Crippen LogP contribution >= 0.6 is 7.82 Å². The molecule has 0 bridgehead atoms. The van der Waals surface area contributed by atoms with Crippen LogP contribution in [0.1, 0.15) is 155 Å². The van der Waals surface area contributed by atoms with E-state index in [1.807, 2.05) is 0 Å². The zero-order chi connectivity index (χ0) is 44.7. The zero-order valence-electron chi connectivity index (χ0n) is 37.2. The van der Waals surface area contributed by atoms with E-state index in [9.17, 15) is 23.8 Å². The van der Waals surface area contributed by atoms with Crippen LogP contribution in [0, 0.1) is 0 Å². The molecule has 61 heavy (non-hydrogen) atoms. The topological polar surface area (TPSA) is 184 Å². The number of phosphoric acid groups is 1. The number of esters is 2. The maximum Gasteiger partial charge on any atom is 0.472 e. The summed E-state index contributed by atoms with van der Waals surface area (Å²) in [5.41, 5.74) is 5.34. The van der Waals surface area contributed by atoms with E-state index in [1.165, 1.54) is 38.5 Å². The summed E-state index contributed by atoms with van der Waals surface area (Å²) in [4.78, 5) is 46.1. The molecule has 1 saturated heterocycles. The lowest BCUT2D eigenvalue weighted by atomic mass is 10.1. The number of carbonyl (C=O) groups excluding carboxylic acids is 2. The summed E-state index contributed by atoms with van der Waals surface area (Å²) in [5.74, 6) is -2.52. The minimum Gasteiger partial charge on any atom is -0.480 e. The first-order valence-corrected chi connectivity index (χ1v) is 24.2. The second-order valence-corrected chi connectivity index (χ2v) is 16.7. The molecule has 0 spiro atoms. The quantitative estimate of drug-likeness (QED) is 0.0174. The van der Waals surface area contributed by atoms with Gasteiger partial charge in [-0.15, -0.1) is 0 Å². The summed E-state index contributed by atoms with van der Waals surface area (Å²) in [6.07, 6.45) is 49.5. The van der Waals surface area contributed by atoms with Crippen molar-refractivity contribution in [1.82, 2.24) is 0 Å². The number of rotatable bonds is 40. The Kier molecular flexibility index (Phi) is 34.9. The Hall–Kier alpha value is -3.38. The van der Waals surface area contributed by atoms with Crippen LogP contribution < -0.4 is 5.73 Å². The molecule has 346 valence electrons. The highest BCUT2D eigenvalue weighted by Gasteiger charge is 2.36. The molecule has 5 atom stereocenters. The first kappa shape index (κ1) is 55.6. The van der Waals surface area contributed by atoms with Gasteiger partial charge in [-0.05, 0) is 96.3 Å². The number of hydrogen-bond acceptors (Lipinski definition) is 10. The number of carboxylic acids is 1. The number of aliphatic carboxylic acids is 1. The van der Waals surface area contributed by atoms with E-state index in [2.05, 4.69) is 103 Å². The number of nitrogens with two attached hydrogens (primary N) is 1. The molecule has 0 aromatic heterocycles. The average molecular weight is 876 g/mol. The zero-order valence-corrected chi connectivity index (χ0v) is 38.1. The van der Waals surface area contributed by atoms with Crippen LogP contribution in [0.3, 0.4) is 0 Å². The van der Waals surface area contributed by atoms with E-state index in [0.29, 0.717) is 19.3 Å². The molecule has 1 fully saturated rings. The van der Waals surface area contributed by atoms with Crippen LogP contribution in [0.2, 0.25) is 0 Å². The van der Waals surface area contributed by atoms with Crippen LogP contribution in [0.4, 0.5) is 0 Å². The van der Waals surface area contributed by atoms with Crippen LogP contribution in [0.5, 0.6) is 0 Å². The predicted molar refractivity (Wildman–Crippen MR) is 244 cm³/mol. The van der Waals surface area contributed by atoms with Crippen LogP contribution in [-0.2, 0) is 42.2 Å². The van der Waals surface area contributed by atoms with Crippen LogP contribution in [0.15, 0.2) is 85.1 Å². The fourth-order valence-electron chi connectivity index (χ4n) is 5.84. The first-order valence-electron chi connectivity index (χ1n) is 22.7. The Balaban J connectivity index is 2.36. The van der Waals surface area contributed by atoms with Gasteiger partial charge in [0.1, 0.15) is 12.6 Å². The minimum absolute atomic E-state index is 0.0920. The molecule has 0 aromatic carbocycles. The molecule has 1 heterocycles. The second kappa shape index (κ2) is 38.3. The number of phosphoric ester groups is 1. The highest BCUT2D eigenvalue weighted by Crippen LogP contribution is 2.43. The Morgan fingerprint density at radius 2 is 1.08 bits per heavy atom. The van der Waals surface area contributed by atoms with Gasteiger partial charge in [0.25, 0.3) is 0 Å². The normalized spacial score (nSPS) is 17.8. The summed E-state index contributed by atoms with van der Waals surface area (Å²) in [5, 5.41) is 8.91. The van der Waals surface area contributed by atoms with Gasteiger partial charge < -0.3 is 29.9 Å². The van der Waals surface area contributed by atoms with Gasteiger partial charge in [0.2, 0.25) is 0 Å². The molecule has 4 N–H and O–H groups in total. The second-order valence-electron chi connectivity index (χ2n) is 15.2. The third kappa shape index (κ3) is 35.9. The van der Waals surface area contributed by atoms with E-state index in [-0.39, 0.29) is 25.0 Å². The fraction of sp³-hybridized carbons (Fsp3) is 0.646. The third-order valence-electron chi connectivity index (χ3n) is 9.54. The van der Waals surface area contributed by atoms with Crippen molar-refractivity contribution in [2.24, 2.45) is 5.73 Å². The molecule has 0 amide bonds. The van der Waals surface area contributed by atoms with E-state index < -0.39 is 57.7 Å². The molecule has 3 unspecified atom stereocenters. The van der Waals surface area contributed by atoms with E-state index >= 15 is 0 Å². The summed E-state index contributed by atoms with van der Waals surface area (Å²) in [6.45, 7) is 2.62. The van der Waals surface area contributed by atoms with Gasteiger partial charge in [0, 0.05) is 12.8 Å². The van der Waals surface area contributed by atoms with Gasteiger partial charge in [-0.1, -0.05) is 131 Å². The molecular weight excluding hydrogens is 797 g/mol. The minimum atomic E-state index is -4.75. The van der Waals surface area contributed by atoms with Crippen molar-refractivity contribution in [3.63, 3.8) is 0 Å². The lowest BCUT2D eigenvalue weighted by Gasteiger charge is -2.20. The molecule has 1 aliphatic rings. The number of ether oxygens (including phenoxy) is 3. The van der Waals surface area contributed by atoms with Crippen molar-refractivity contribution < 1.29 is 52.2 Å². The summed E-state index contributed by atoms with van der Waals surface area (Å²) >= 11 is 0. The lowest BCUT2D eigenvalue weighted by molar-refractivity contribution is -0.161. The summed E-state index contributed by atoms with van der Waals surface area (Å²) in [7, 11) is -4.75. The maximum absolute atomic E-state index is 12.7. The van der Waals surface area contributed by atoms with Gasteiger partial charge >= 0.3 is 25.7 Å². The van der Waals surface area contributed by atoms with Crippen molar-refractivity contribution in [2.45, 2.75) is 179 Å². The van der Waals surface area contributed by atoms with Gasteiger partial charge in [0.15, 0.2) is 6.10 Å². The first-order chi connectivity index (χ1) is 29.6. The highest BCUT2D eigenvalue weighted by atomic mass is 31.2. The third-order valence-corrected chi connectivity index (χ3v) is 10.5. The van der Waals surface area contributed by atoms with Crippen molar-refractivity contribution >= 4 is 25.7 Å². The number of allylic oxidation sites excluding steroid dienone is 13. The molecule has 13 heteroatoms. The fourth-order valence-corrected chi connectivity index (χ4v) is 6.62.